The van der Waals surface area contributed by atoms with Gasteiger partial charge in [0, 0.05) is 50.9 Å². The summed E-state index contributed by atoms with van der Waals surface area (Å²) in [4.78, 5) is 31.4. The van der Waals surface area contributed by atoms with Gasteiger partial charge < -0.3 is 19.1 Å². The number of hydrogen-bond acceptors (Lipinski definition) is 4. The third-order valence-electron chi connectivity index (χ3n) is 5.82. The van der Waals surface area contributed by atoms with Crippen LogP contribution in [-0.2, 0) is 4.79 Å². The lowest BCUT2D eigenvalue weighted by atomic mass is 9.94. The summed E-state index contributed by atoms with van der Waals surface area (Å²) in [7, 11) is 0. The number of likely N-dealkylation sites (tertiary alicyclic amines) is 1. The van der Waals surface area contributed by atoms with E-state index in [2.05, 4.69) is 36.1 Å². The highest BCUT2D eigenvalue weighted by Crippen LogP contribution is 2.23. The third kappa shape index (κ3) is 3.91. The fourth-order valence-corrected chi connectivity index (χ4v) is 4.15. The summed E-state index contributed by atoms with van der Waals surface area (Å²) in [6.45, 7) is 6.58. The molecule has 2 saturated heterocycles. The summed E-state index contributed by atoms with van der Waals surface area (Å²) in [5, 5.41) is 0. The first kappa shape index (κ1) is 18.6. The first-order valence-electron chi connectivity index (χ1n) is 10.0. The quantitative estimate of drug-likeness (QED) is 0.820. The van der Waals surface area contributed by atoms with Crippen LogP contribution in [-0.4, -0.2) is 60.9 Å². The Morgan fingerprint density at radius 2 is 1.68 bits per heavy atom. The van der Waals surface area contributed by atoms with Gasteiger partial charge in [-0.2, -0.15) is 0 Å². The molecule has 28 heavy (non-hydrogen) atoms. The van der Waals surface area contributed by atoms with Gasteiger partial charge >= 0.3 is 0 Å². The first-order valence-corrected chi connectivity index (χ1v) is 10.0. The average molecular weight is 381 g/mol. The second-order valence-electron chi connectivity index (χ2n) is 7.70. The number of carbonyl (C=O) groups excluding carboxylic acids is 2. The molecule has 0 saturated carbocycles. The highest BCUT2D eigenvalue weighted by Gasteiger charge is 2.32. The summed E-state index contributed by atoms with van der Waals surface area (Å²) in [5.74, 6) is 0.555. The number of benzene rings is 1. The average Bonchev–Trinajstić information content (AvgIpc) is 3.28. The fourth-order valence-electron chi connectivity index (χ4n) is 4.15. The molecule has 4 rings (SSSR count). The van der Waals surface area contributed by atoms with Crippen molar-refractivity contribution in [1.29, 1.82) is 0 Å². The zero-order chi connectivity index (χ0) is 19.5. The van der Waals surface area contributed by atoms with Crippen molar-refractivity contribution < 1.29 is 14.0 Å². The van der Waals surface area contributed by atoms with Crippen LogP contribution in [0.1, 0.15) is 29.0 Å². The van der Waals surface area contributed by atoms with E-state index in [-0.39, 0.29) is 17.7 Å². The highest BCUT2D eigenvalue weighted by atomic mass is 16.3. The molecule has 6 heteroatoms. The van der Waals surface area contributed by atoms with Gasteiger partial charge in [-0.1, -0.05) is 12.1 Å². The Morgan fingerprint density at radius 3 is 2.32 bits per heavy atom. The minimum absolute atomic E-state index is 0.0196. The van der Waals surface area contributed by atoms with E-state index in [4.69, 9.17) is 4.42 Å². The second-order valence-corrected chi connectivity index (χ2v) is 7.70. The molecule has 2 aliphatic rings. The molecular formula is C22H27N3O3. The van der Waals surface area contributed by atoms with Crippen LogP contribution in [0.5, 0.6) is 0 Å². The summed E-state index contributed by atoms with van der Waals surface area (Å²) >= 11 is 0. The van der Waals surface area contributed by atoms with Crippen molar-refractivity contribution >= 4 is 17.5 Å². The molecule has 0 radical (unpaired) electrons. The van der Waals surface area contributed by atoms with Crippen molar-refractivity contribution in [3.63, 3.8) is 0 Å². The smallest absolute Gasteiger partial charge is 0.289 e. The largest absolute Gasteiger partial charge is 0.459 e. The van der Waals surface area contributed by atoms with Crippen LogP contribution in [0, 0.1) is 12.8 Å². The Bertz CT molecular complexity index is 817. The molecule has 2 fully saturated rings. The molecule has 0 bridgehead atoms. The van der Waals surface area contributed by atoms with E-state index in [1.54, 1.807) is 17.0 Å². The van der Waals surface area contributed by atoms with Gasteiger partial charge in [0.25, 0.3) is 5.91 Å². The molecule has 0 N–H and O–H groups in total. The molecule has 0 aliphatic carbocycles. The van der Waals surface area contributed by atoms with Gasteiger partial charge in [0.05, 0.1) is 6.26 Å². The summed E-state index contributed by atoms with van der Waals surface area (Å²) < 4.78 is 5.20. The molecule has 148 valence electrons. The second kappa shape index (κ2) is 8.09. The van der Waals surface area contributed by atoms with Crippen LogP contribution in [0.2, 0.25) is 0 Å². The zero-order valence-electron chi connectivity index (χ0n) is 16.3. The highest BCUT2D eigenvalue weighted by molar-refractivity contribution is 5.91. The number of aryl methyl sites for hydroxylation is 1. The van der Waals surface area contributed by atoms with Crippen LogP contribution < -0.4 is 4.90 Å². The van der Waals surface area contributed by atoms with E-state index in [1.165, 1.54) is 17.5 Å². The van der Waals surface area contributed by atoms with Crippen molar-refractivity contribution in [1.82, 2.24) is 9.80 Å². The molecule has 1 aromatic heterocycles. The zero-order valence-corrected chi connectivity index (χ0v) is 16.3. The predicted octanol–water partition coefficient (Wildman–Crippen LogP) is 2.79. The number of rotatable bonds is 3. The lowest BCUT2D eigenvalue weighted by Crippen LogP contribution is -2.52. The lowest BCUT2D eigenvalue weighted by Gasteiger charge is -2.39. The minimum Gasteiger partial charge on any atom is -0.459 e. The Hall–Kier alpha value is -2.76. The van der Waals surface area contributed by atoms with Gasteiger partial charge in [0.1, 0.15) is 0 Å². The topological polar surface area (TPSA) is 57.0 Å². The van der Waals surface area contributed by atoms with Crippen LogP contribution in [0.15, 0.2) is 47.1 Å². The van der Waals surface area contributed by atoms with Gasteiger partial charge in [0.15, 0.2) is 5.76 Å². The van der Waals surface area contributed by atoms with Crippen molar-refractivity contribution in [2.45, 2.75) is 19.8 Å². The Labute approximate surface area is 165 Å². The monoisotopic (exact) mass is 381 g/mol. The number of amides is 2. The standard InChI is InChI=1S/C22H27N3O3/c1-17-4-2-5-19(16-17)23-11-13-25(14-12-23)21(26)18-7-9-24(10-8-18)22(27)20-6-3-15-28-20/h2-6,15-16,18H,7-14H2,1H3. The maximum atomic E-state index is 12.9. The Morgan fingerprint density at radius 1 is 0.929 bits per heavy atom. The Kier molecular flexibility index (Phi) is 5.37. The number of piperazine rings is 1. The number of furan rings is 1. The van der Waals surface area contributed by atoms with Crippen LogP contribution in [0.25, 0.3) is 0 Å². The molecule has 2 aliphatic heterocycles. The maximum absolute atomic E-state index is 12.9. The van der Waals surface area contributed by atoms with E-state index < -0.39 is 0 Å². The summed E-state index contributed by atoms with van der Waals surface area (Å²) in [6, 6.07) is 11.9. The molecule has 2 aromatic rings. The van der Waals surface area contributed by atoms with Gasteiger partial charge in [-0.25, -0.2) is 0 Å². The van der Waals surface area contributed by atoms with E-state index in [9.17, 15) is 9.59 Å². The number of anilines is 1. The van der Waals surface area contributed by atoms with Crippen LogP contribution in [0.3, 0.4) is 0 Å². The maximum Gasteiger partial charge on any atom is 0.289 e. The van der Waals surface area contributed by atoms with Crippen molar-refractivity contribution in [3.05, 3.63) is 54.0 Å². The number of carbonyl (C=O) groups is 2. The Balaban J connectivity index is 1.27. The fraction of sp³-hybridized carbons (Fsp3) is 0.455. The molecule has 2 amide bonds. The molecule has 0 unspecified atom stereocenters. The van der Waals surface area contributed by atoms with Gasteiger partial charge in [-0.15, -0.1) is 0 Å². The predicted molar refractivity (Wildman–Crippen MR) is 107 cm³/mol. The minimum atomic E-state index is -0.0809. The summed E-state index contributed by atoms with van der Waals surface area (Å²) in [5.41, 5.74) is 2.49. The lowest BCUT2D eigenvalue weighted by molar-refractivity contribution is -0.137. The normalized spacial score (nSPS) is 18.4. The van der Waals surface area contributed by atoms with Gasteiger partial charge in [-0.05, 0) is 49.6 Å². The molecule has 6 nitrogen and oxygen atoms in total. The molecule has 1 aromatic carbocycles. The van der Waals surface area contributed by atoms with Gasteiger partial charge in [-0.3, -0.25) is 9.59 Å². The SMILES string of the molecule is Cc1cccc(N2CCN(C(=O)C3CCN(C(=O)c4ccco4)CC3)CC2)c1. The number of hydrogen-bond donors (Lipinski definition) is 0. The van der Waals surface area contributed by atoms with E-state index in [1.807, 2.05) is 4.90 Å². The molecule has 0 atom stereocenters. The third-order valence-corrected chi connectivity index (χ3v) is 5.82. The van der Waals surface area contributed by atoms with Crippen molar-refractivity contribution in [3.8, 4) is 0 Å². The molecule has 0 spiro atoms. The number of nitrogens with zero attached hydrogens (tertiary/aromatic N) is 3. The van der Waals surface area contributed by atoms with E-state index in [0.717, 1.165) is 39.0 Å². The van der Waals surface area contributed by atoms with Crippen LogP contribution in [0.4, 0.5) is 5.69 Å². The molecular weight excluding hydrogens is 354 g/mol. The molecule has 3 heterocycles. The summed E-state index contributed by atoms with van der Waals surface area (Å²) in [6.07, 6.45) is 2.96. The first-order chi connectivity index (χ1) is 13.6. The van der Waals surface area contributed by atoms with E-state index >= 15 is 0 Å². The van der Waals surface area contributed by atoms with E-state index in [0.29, 0.717) is 18.8 Å². The van der Waals surface area contributed by atoms with Crippen molar-refractivity contribution in [2.24, 2.45) is 5.92 Å². The van der Waals surface area contributed by atoms with Crippen LogP contribution >= 0.6 is 0 Å². The van der Waals surface area contributed by atoms with Gasteiger partial charge in [0.2, 0.25) is 5.91 Å². The number of piperidine rings is 1. The van der Waals surface area contributed by atoms with Crippen molar-refractivity contribution in [2.75, 3.05) is 44.2 Å².